The second-order valence-electron chi connectivity index (χ2n) is 6.76. The van der Waals surface area contributed by atoms with E-state index in [9.17, 15) is 19.1 Å². The van der Waals surface area contributed by atoms with Gasteiger partial charge in [0.15, 0.2) is 0 Å². The molecule has 6 nitrogen and oxygen atoms in total. The zero-order valence-corrected chi connectivity index (χ0v) is 15.5. The number of halogens is 1. The van der Waals surface area contributed by atoms with Crippen molar-refractivity contribution >= 4 is 17.4 Å². The molecule has 3 heterocycles. The minimum absolute atomic E-state index is 0.0379. The second-order valence-corrected chi connectivity index (χ2v) is 6.76. The van der Waals surface area contributed by atoms with Crippen molar-refractivity contribution in [3.63, 3.8) is 0 Å². The Morgan fingerprint density at radius 1 is 1.24 bits per heavy atom. The third-order valence-electron chi connectivity index (χ3n) is 4.89. The molecule has 1 aliphatic heterocycles. The molecule has 29 heavy (non-hydrogen) atoms. The molecular formula is C22H17FN2O4. The van der Waals surface area contributed by atoms with E-state index in [-0.39, 0.29) is 17.7 Å². The lowest BCUT2D eigenvalue weighted by atomic mass is 9.96. The summed E-state index contributed by atoms with van der Waals surface area (Å²) in [6.45, 7) is 1.63. The lowest BCUT2D eigenvalue weighted by molar-refractivity contribution is -0.140. The van der Waals surface area contributed by atoms with Crippen LogP contribution in [-0.2, 0) is 16.1 Å². The monoisotopic (exact) mass is 392 g/mol. The predicted octanol–water partition coefficient (Wildman–Crippen LogP) is 3.74. The highest BCUT2D eigenvalue weighted by molar-refractivity contribution is 6.46. The Morgan fingerprint density at radius 2 is 2.07 bits per heavy atom. The highest BCUT2D eigenvalue weighted by atomic mass is 19.1. The summed E-state index contributed by atoms with van der Waals surface area (Å²) in [5.41, 5.74) is 0.965. The molecular weight excluding hydrogens is 375 g/mol. The second kappa shape index (κ2) is 7.35. The number of likely N-dealkylation sites (tertiary alicyclic amines) is 1. The van der Waals surface area contributed by atoms with Gasteiger partial charge < -0.3 is 14.4 Å². The van der Waals surface area contributed by atoms with Crippen LogP contribution >= 0.6 is 0 Å². The van der Waals surface area contributed by atoms with Crippen molar-refractivity contribution in [3.05, 3.63) is 95.0 Å². The van der Waals surface area contributed by atoms with Crippen molar-refractivity contribution in [2.45, 2.75) is 19.5 Å². The molecule has 7 heteroatoms. The van der Waals surface area contributed by atoms with E-state index in [4.69, 9.17) is 4.42 Å². The lowest BCUT2D eigenvalue weighted by Crippen LogP contribution is -2.29. The number of pyridine rings is 1. The average molecular weight is 392 g/mol. The maximum atomic E-state index is 14.0. The summed E-state index contributed by atoms with van der Waals surface area (Å²) in [4.78, 5) is 31.0. The smallest absolute Gasteiger partial charge is 0.296 e. The zero-order chi connectivity index (χ0) is 20.5. The molecule has 1 fully saturated rings. The molecule has 4 rings (SSSR count). The number of aliphatic hydroxyl groups is 1. The van der Waals surface area contributed by atoms with Gasteiger partial charge in [-0.1, -0.05) is 18.2 Å². The van der Waals surface area contributed by atoms with Crippen LogP contribution < -0.4 is 0 Å². The summed E-state index contributed by atoms with van der Waals surface area (Å²) in [5.74, 6) is -2.08. The number of aromatic nitrogens is 1. The molecule has 1 N–H and O–H groups in total. The van der Waals surface area contributed by atoms with Gasteiger partial charge in [0.2, 0.25) is 0 Å². The maximum absolute atomic E-state index is 14.0. The number of carbonyl (C=O) groups is 2. The van der Waals surface area contributed by atoms with E-state index >= 15 is 0 Å². The van der Waals surface area contributed by atoms with Crippen LogP contribution in [-0.4, -0.2) is 26.7 Å². The Kier molecular flexibility index (Phi) is 4.72. The molecule has 0 radical (unpaired) electrons. The summed E-state index contributed by atoms with van der Waals surface area (Å²) in [5, 5.41) is 10.9. The zero-order valence-electron chi connectivity index (χ0n) is 15.5. The number of carbonyl (C=O) groups excluding carboxylic acids is 2. The van der Waals surface area contributed by atoms with Crippen LogP contribution in [0.15, 0.2) is 71.1 Å². The van der Waals surface area contributed by atoms with Gasteiger partial charge in [-0.2, -0.15) is 0 Å². The molecule has 2 aromatic heterocycles. The maximum Gasteiger partial charge on any atom is 0.296 e. The summed E-state index contributed by atoms with van der Waals surface area (Å²) < 4.78 is 19.4. The van der Waals surface area contributed by atoms with Crippen LogP contribution in [0.1, 0.15) is 28.5 Å². The fourth-order valence-electron chi connectivity index (χ4n) is 3.39. The van der Waals surface area contributed by atoms with Crippen molar-refractivity contribution in [2.24, 2.45) is 0 Å². The number of benzene rings is 1. The Bertz CT molecular complexity index is 1110. The minimum Gasteiger partial charge on any atom is -0.507 e. The van der Waals surface area contributed by atoms with E-state index in [1.807, 2.05) is 0 Å². The van der Waals surface area contributed by atoms with Gasteiger partial charge >= 0.3 is 0 Å². The Hall–Kier alpha value is -3.74. The number of nitrogens with zero attached hydrogens (tertiary/aromatic N) is 2. The lowest BCUT2D eigenvalue weighted by Gasteiger charge is -2.24. The van der Waals surface area contributed by atoms with Crippen LogP contribution in [0.3, 0.4) is 0 Å². The summed E-state index contributed by atoms with van der Waals surface area (Å²) in [7, 11) is 0. The van der Waals surface area contributed by atoms with E-state index < -0.39 is 29.3 Å². The number of aliphatic hydroxyl groups excluding tert-OH is 1. The molecule has 0 bridgehead atoms. The first-order valence-electron chi connectivity index (χ1n) is 8.94. The topological polar surface area (TPSA) is 83.6 Å². The predicted molar refractivity (Wildman–Crippen MR) is 102 cm³/mol. The van der Waals surface area contributed by atoms with Crippen LogP contribution in [0.4, 0.5) is 4.39 Å². The van der Waals surface area contributed by atoms with E-state index in [0.29, 0.717) is 16.9 Å². The fraction of sp³-hybridized carbons (Fsp3) is 0.136. The molecule has 1 aliphatic rings. The van der Waals surface area contributed by atoms with Crippen molar-refractivity contribution in [2.75, 3.05) is 0 Å². The number of hydrogen-bond donors (Lipinski definition) is 1. The van der Waals surface area contributed by atoms with Crippen molar-refractivity contribution in [3.8, 4) is 0 Å². The highest BCUT2D eigenvalue weighted by Crippen LogP contribution is 2.40. The third kappa shape index (κ3) is 3.31. The molecule has 1 saturated heterocycles. The minimum atomic E-state index is -0.877. The quantitative estimate of drug-likeness (QED) is 0.415. The summed E-state index contributed by atoms with van der Waals surface area (Å²) in [6, 6.07) is 10.0. The first-order valence-corrected chi connectivity index (χ1v) is 8.94. The molecule has 0 aliphatic carbocycles. The average Bonchev–Trinajstić information content (AvgIpc) is 3.32. The number of aryl methyl sites for hydroxylation is 1. The van der Waals surface area contributed by atoms with Gasteiger partial charge in [0.05, 0.1) is 24.4 Å². The van der Waals surface area contributed by atoms with Gasteiger partial charge in [0.1, 0.15) is 17.3 Å². The van der Waals surface area contributed by atoms with E-state index in [0.717, 1.165) is 6.07 Å². The molecule has 1 aromatic carbocycles. The van der Waals surface area contributed by atoms with E-state index in [1.54, 1.807) is 37.4 Å². The van der Waals surface area contributed by atoms with Gasteiger partial charge in [0.25, 0.3) is 11.7 Å². The van der Waals surface area contributed by atoms with Gasteiger partial charge in [-0.25, -0.2) is 4.39 Å². The molecule has 3 aromatic rings. The molecule has 0 saturated carbocycles. The van der Waals surface area contributed by atoms with Gasteiger partial charge in [-0.05, 0) is 42.3 Å². The number of ketones is 1. The summed E-state index contributed by atoms with van der Waals surface area (Å²) >= 11 is 0. The van der Waals surface area contributed by atoms with Gasteiger partial charge in [-0.3, -0.25) is 14.6 Å². The Morgan fingerprint density at radius 3 is 2.72 bits per heavy atom. The number of rotatable bonds is 4. The fourth-order valence-corrected chi connectivity index (χ4v) is 3.39. The van der Waals surface area contributed by atoms with Crippen LogP contribution in [0.2, 0.25) is 0 Å². The highest BCUT2D eigenvalue weighted by Gasteiger charge is 2.46. The normalized spacial score (nSPS) is 18.4. The van der Waals surface area contributed by atoms with Crippen LogP contribution in [0.5, 0.6) is 0 Å². The number of Topliss-reactive ketones (excluding diaryl/α,β-unsaturated/α-hetero) is 1. The standard InChI is InChI=1S/C22H17FN2O4/c1-13-6-7-14(10-17(13)23)20(26)18-19(15-4-2-8-24-11-15)25(22(28)21(18)27)12-16-5-3-9-29-16/h2-11,19,26H,12H2,1H3/b20-18-. The van der Waals surface area contributed by atoms with Gasteiger partial charge in [0, 0.05) is 18.0 Å². The molecule has 1 atom stereocenters. The van der Waals surface area contributed by atoms with Crippen LogP contribution in [0, 0.1) is 12.7 Å². The third-order valence-corrected chi connectivity index (χ3v) is 4.89. The number of furan rings is 1. The first kappa shape index (κ1) is 18.6. The van der Waals surface area contributed by atoms with E-state index in [2.05, 4.69) is 4.98 Å². The number of amides is 1. The largest absolute Gasteiger partial charge is 0.507 e. The SMILES string of the molecule is Cc1ccc(/C(O)=C2/C(=O)C(=O)N(Cc3ccco3)C2c2cccnc2)cc1F. The Labute approximate surface area is 165 Å². The van der Waals surface area contributed by atoms with E-state index in [1.165, 1.54) is 29.5 Å². The van der Waals surface area contributed by atoms with Gasteiger partial charge in [-0.15, -0.1) is 0 Å². The first-order chi connectivity index (χ1) is 14.0. The summed E-state index contributed by atoms with van der Waals surface area (Å²) in [6.07, 6.45) is 4.56. The van der Waals surface area contributed by atoms with Crippen molar-refractivity contribution < 1.29 is 23.5 Å². The van der Waals surface area contributed by atoms with Crippen molar-refractivity contribution in [1.82, 2.24) is 9.88 Å². The molecule has 0 spiro atoms. The molecule has 1 unspecified atom stereocenters. The van der Waals surface area contributed by atoms with Crippen LogP contribution in [0.25, 0.3) is 5.76 Å². The molecule has 1 amide bonds. The molecule has 146 valence electrons. The number of hydrogen-bond acceptors (Lipinski definition) is 5. The van der Waals surface area contributed by atoms with Crippen molar-refractivity contribution in [1.29, 1.82) is 0 Å². The Balaban J connectivity index is 1.87.